The molecule has 1 fully saturated rings. The molecule has 0 radical (unpaired) electrons. The minimum Gasteiger partial charge on any atom is -0.488 e. The van der Waals surface area contributed by atoms with Crippen LogP contribution in [-0.4, -0.2) is 71.8 Å². The van der Waals surface area contributed by atoms with Crippen LogP contribution < -0.4 is 20.1 Å². The number of carbonyl (C=O) groups excluding carboxylic acids is 2. The summed E-state index contributed by atoms with van der Waals surface area (Å²) in [6.45, 7) is 5.55. The van der Waals surface area contributed by atoms with Crippen molar-refractivity contribution in [3.63, 3.8) is 0 Å². The van der Waals surface area contributed by atoms with Crippen molar-refractivity contribution in [1.82, 2.24) is 15.1 Å². The fraction of sp³-hybridized carbons (Fsp3) is 0.444. The number of nitrogens with one attached hydrogen (secondary N) is 2. The monoisotopic (exact) mass is 614 g/mol. The lowest BCUT2D eigenvalue weighted by Gasteiger charge is -2.38. The third-order valence-electron chi connectivity index (χ3n) is 8.71. The fourth-order valence-electron chi connectivity index (χ4n) is 6.09. The molecule has 5 rings (SSSR count). The van der Waals surface area contributed by atoms with Gasteiger partial charge in [0.25, 0.3) is 5.91 Å². The molecule has 0 unspecified atom stereocenters. The molecule has 240 valence electrons. The first-order valence-electron chi connectivity index (χ1n) is 16.1. The number of hydrogen-bond donors (Lipinski definition) is 3. The summed E-state index contributed by atoms with van der Waals surface area (Å²) in [6, 6.07) is 22.6. The highest BCUT2D eigenvalue weighted by Crippen LogP contribution is 2.31. The number of ether oxygens (including phenoxy) is 2. The van der Waals surface area contributed by atoms with E-state index in [0.717, 1.165) is 42.7 Å². The van der Waals surface area contributed by atoms with E-state index in [1.807, 2.05) is 49.4 Å². The van der Waals surface area contributed by atoms with E-state index >= 15 is 0 Å². The second kappa shape index (κ2) is 15.3. The lowest BCUT2D eigenvalue weighted by Crippen LogP contribution is -2.49. The summed E-state index contributed by atoms with van der Waals surface area (Å²) in [7, 11) is 2.06. The molecule has 3 aromatic carbocycles. The molecule has 3 aromatic rings. The van der Waals surface area contributed by atoms with Crippen LogP contribution in [0.3, 0.4) is 0 Å². The Balaban J connectivity index is 1.28. The Kier molecular flexibility index (Phi) is 11.0. The number of carbonyl (C=O) groups is 2. The molecular formula is C36H46N4O5. The Morgan fingerprint density at radius 1 is 1.04 bits per heavy atom. The van der Waals surface area contributed by atoms with Crippen LogP contribution in [0.5, 0.6) is 17.2 Å². The zero-order valence-electron chi connectivity index (χ0n) is 26.6. The van der Waals surface area contributed by atoms with Gasteiger partial charge in [0, 0.05) is 37.3 Å². The molecule has 1 saturated carbocycles. The van der Waals surface area contributed by atoms with Crippen molar-refractivity contribution < 1.29 is 24.2 Å². The maximum absolute atomic E-state index is 13.8. The van der Waals surface area contributed by atoms with Crippen LogP contribution in [0.2, 0.25) is 0 Å². The highest BCUT2D eigenvalue weighted by atomic mass is 16.5. The molecule has 0 bridgehead atoms. The highest BCUT2D eigenvalue weighted by molar-refractivity contribution is 5.99. The van der Waals surface area contributed by atoms with Gasteiger partial charge in [0.1, 0.15) is 23.4 Å². The van der Waals surface area contributed by atoms with Crippen molar-refractivity contribution >= 4 is 17.6 Å². The molecule has 1 aliphatic carbocycles. The minimum atomic E-state index is -0.368. The molecule has 45 heavy (non-hydrogen) atoms. The summed E-state index contributed by atoms with van der Waals surface area (Å²) in [5.41, 5.74) is 2.04. The number of amides is 3. The van der Waals surface area contributed by atoms with E-state index in [1.165, 1.54) is 6.42 Å². The van der Waals surface area contributed by atoms with Crippen LogP contribution >= 0.6 is 0 Å². The van der Waals surface area contributed by atoms with Gasteiger partial charge in [-0.25, -0.2) is 4.79 Å². The first-order chi connectivity index (χ1) is 21.8. The van der Waals surface area contributed by atoms with Crippen molar-refractivity contribution in [2.75, 3.05) is 32.1 Å². The Morgan fingerprint density at radius 2 is 1.76 bits per heavy atom. The Bertz CT molecular complexity index is 1410. The van der Waals surface area contributed by atoms with E-state index < -0.39 is 0 Å². The molecular weight excluding hydrogens is 568 g/mol. The molecule has 0 spiro atoms. The molecule has 3 N–H and O–H groups in total. The molecule has 3 atom stereocenters. The van der Waals surface area contributed by atoms with Crippen LogP contribution in [0.1, 0.15) is 61.9 Å². The van der Waals surface area contributed by atoms with Gasteiger partial charge in [-0.1, -0.05) is 56.5 Å². The smallest absolute Gasteiger partial charge is 0.319 e. The first-order valence-corrected chi connectivity index (χ1v) is 16.1. The summed E-state index contributed by atoms with van der Waals surface area (Å²) < 4.78 is 12.5. The number of likely N-dealkylation sites (N-methyl/N-ethyl adjacent to an activating group) is 1. The average Bonchev–Trinajstić information content (AvgIpc) is 3.04. The van der Waals surface area contributed by atoms with E-state index in [-0.39, 0.29) is 42.7 Å². The summed E-state index contributed by atoms with van der Waals surface area (Å²) in [6.07, 6.45) is 5.21. The summed E-state index contributed by atoms with van der Waals surface area (Å²) in [5, 5.41) is 16.0. The van der Waals surface area contributed by atoms with E-state index in [0.29, 0.717) is 36.6 Å². The van der Waals surface area contributed by atoms with Crippen molar-refractivity contribution in [2.24, 2.45) is 5.92 Å². The molecule has 2 aliphatic rings. The number of para-hydroxylation sites is 1. The van der Waals surface area contributed by atoms with Gasteiger partial charge in [0.2, 0.25) is 0 Å². The molecule has 0 saturated heterocycles. The predicted octanol–water partition coefficient (Wildman–Crippen LogP) is 6.29. The number of rotatable bonds is 10. The summed E-state index contributed by atoms with van der Waals surface area (Å²) in [5.74, 6) is 1.83. The van der Waals surface area contributed by atoms with E-state index in [2.05, 4.69) is 41.6 Å². The summed E-state index contributed by atoms with van der Waals surface area (Å²) in [4.78, 5) is 30.5. The van der Waals surface area contributed by atoms with Gasteiger partial charge in [-0.3, -0.25) is 9.69 Å². The van der Waals surface area contributed by atoms with E-state index in [1.54, 1.807) is 23.1 Å². The van der Waals surface area contributed by atoms with Gasteiger partial charge in [-0.05, 0) is 74.8 Å². The Hall–Kier alpha value is -4.08. The quantitative estimate of drug-likeness (QED) is 0.248. The maximum atomic E-state index is 13.8. The molecule has 9 heteroatoms. The SMILES string of the molecule is C[C@@H]1CN([C@@H](C)CO)C(=O)c2cc(NC(=O)NC3CCCCC3)ccc2O[C@@H]1CN(C)Cc1ccc(Oc2ccccc2)cc1. The number of anilines is 1. The van der Waals surface area contributed by atoms with Gasteiger partial charge in [-0.2, -0.15) is 0 Å². The maximum Gasteiger partial charge on any atom is 0.319 e. The van der Waals surface area contributed by atoms with E-state index in [9.17, 15) is 14.7 Å². The van der Waals surface area contributed by atoms with Crippen LogP contribution in [0.25, 0.3) is 0 Å². The molecule has 1 aliphatic heterocycles. The number of hydrogen-bond acceptors (Lipinski definition) is 6. The standard InChI is InChI=1S/C36H46N4O5/c1-25-21-40(26(2)24-41)35(42)32-20-29(38-36(43)37-28-10-6-4-7-11-28)16-19-33(32)45-34(25)23-39(3)22-27-14-17-31(18-15-27)44-30-12-8-5-9-13-30/h5,8-9,12-20,25-26,28,34,41H,4,6-7,10-11,21-24H2,1-3H3,(H2,37,38,43)/t25-,26+,34-/m1/s1. The highest BCUT2D eigenvalue weighted by Gasteiger charge is 2.33. The zero-order valence-corrected chi connectivity index (χ0v) is 26.6. The molecule has 3 amide bonds. The van der Waals surface area contributed by atoms with Crippen molar-refractivity contribution in [1.29, 1.82) is 0 Å². The Morgan fingerprint density at radius 3 is 2.47 bits per heavy atom. The number of aliphatic hydroxyl groups excluding tert-OH is 1. The number of aliphatic hydroxyl groups is 1. The average molecular weight is 615 g/mol. The number of fused-ring (bicyclic) bond motifs is 1. The molecule has 9 nitrogen and oxygen atoms in total. The summed E-state index contributed by atoms with van der Waals surface area (Å²) >= 11 is 0. The fourth-order valence-corrected chi connectivity index (χ4v) is 6.09. The third kappa shape index (κ3) is 8.77. The van der Waals surface area contributed by atoms with Gasteiger partial charge < -0.3 is 30.1 Å². The zero-order chi connectivity index (χ0) is 31.8. The van der Waals surface area contributed by atoms with Gasteiger partial charge in [-0.15, -0.1) is 0 Å². The lowest BCUT2D eigenvalue weighted by molar-refractivity contribution is 0.0341. The third-order valence-corrected chi connectivity index (χ3v) is 8.71. The molecule has 1 heterocycles. The number of nitrogens with zero attached hydrogens (tertiary/aromatic N) is 2. The van der Waals surface area contributed by atoms with Gasteiger partial charge in [0.05, 0.1) is 18.2 Å². The number of urea groups is 1. The second-order valence-corrected chi connectivity index (χ2v) is 12.5. The van der Waals surface area contributed by atoms with Crippen molar-refractivity contribution in [3.8, 4) is 17.2 Å². The lowest BCUT2D eigenvalue weighted by atomic mass is 9.96. The predicted molar refractivity (Wildman–Crippen MR) is 176 cm³/mol. The minimum absolute atomic E-state index is 0.000675. The molecule has 0 aromatic heterocycles. The second-order valence-electron chi connectivity index (χ2n) is 12.5. The van der Waals surface area contributed by atoms with Crippen molar-refractivity contribution in [3.05, 3.63) is 83.9 Å². The topological polar surface area (TPSA) is 103 Å². The largest absolute Gasteiger partial charge is 0.488 e. The van der Waals surface area contributed by atoms with Crippen LogP contribution in [0.4, 0.5) is 10.5 Å². The van der Waals surface area contributed by atoms with Gasteiger partial charge >= 0.3 is 6.03 Å². The van der Waals surface area contributed by atoms with Crippen LogP contribution in [0, 0.1) is 5.92 Å². The Labute approximate surface area is 266 Å². The van der Waals surface area contributed by atoms with Gasteiger partial charge in [0.15, 0.2) is 0 Å². The van der Waals surface area contributed by atoms with Crippen LogP contribution in [0.15, 0.2) is 72.8 Å². The van der Waals surface area contributed by atoms with Crippen LogP contribution in [-0.2, 0) is 6.54 Å². The number of benzene rings is 3. The first kappa shape index (κ1) is 32.3. The van der Waals surface area contributed by atoms with E-state index in [4.69, 9.17) is 9.47 Å². The van der Waals surface area contributed by atoms with Crippen molar-refractivity contribution in [2.45, 2.75) is 70.7 Å². The normalized spacial score (nSPS) is 19.6.